The maximum Gasteiger partial charge on any atom is 0.150 e. The molecule has 0 aliphatic carbocycles. The van der Waals surface area contributed by atoms with Gasteiger partial charge in [0.1, 0.15) is 0 Å². The van der Waals surface area contributed by atoms with Gasteiger partial charge in [0.15, 0.2) is 9.84 Å². The topological polar surface area (TPSA) is 64.0 Å². The van der Waals surface area contributed by atoms with Gasteiger partial charge in [-0.3, -0.25) is 0 Å². The monoisotopic (exact) mass is 255 g/mol. The van der Waals surface area contributed by atoms with Crippen LogP contribution in [0.15, 0.2) is 12.5 Å². The average molecular weight is 255 g/mol. The second-order valence-corrected chi connectivity index (χ2v) is 7.32. The Balaban J connectivity index is 1.71. The number of hydrogen-bond acceptors (Lipinski definition) is 4. The Morgan fingerprint density at radius 2 is 2.29 bits per heavy atom. The molecule has 3 rings (SSSR count). The molecular weight excluding hydrogens is 238 g/mol. The first-order chi connectivity index (χ1) is 8.14. The zero-order valence-electron chi connectivity index (χ0n) is 9.67. The molecule has 0 radical (unpaired) electrons. The molecule has 3 heterocycles. The predicted molar refractivity (Wildman–Crippen MR) is 64.6 cm³/mol. The summed E-state index contributed by atoms with van der Waals surface area (Å²) < 4.78 is 25.0. The molecule has 1 unspecified atom stereocenters. The first-order valence-electron chi connectivity index (χ1n) is 6.05. The number of nitrogens with one attached hydrogen (secondary N) is 1. The zero-order chi connectivity index (χ0) is 11.9. The Hall–Kier alpha value is -0.880. The van der Waals surface area contributed by atoms with Gasteiger partial charge in [-0.15, -0.1) is 0 Å². The standard InChI is InChI=1S/C11H17N3O2S/c15-17(16)2-1-9(7-17)6-14-8-13-5-11(14)10-3-12-4-10/h5,8-10,12H,1-4,6-7H2. The van der Waals surface area contributed by atoms with E-state index in [2.05, 4.69) is 14.9 Å². The Morgan fingerprint density at radius 1 is 1.47 bits per heavy atom. The van der Waals surface area contributed by atoms with Gasteiger partial charge in [0.05, 0.1) is 17.8 Å². The molecule has 5 nitrogen and oxygen atoms in total. The van der Waals surface area contributed by atoms with E-state index in [-0.39, 0.29) is 5.92 Å². The fourth-order valence-electron chi connectivity index (χ4n) is 2.62. The van der Waals surface area contributed by atoms with Crippen molar-refractivity contribution in [3.05, 3.63) is 18.2 Å². The molecule has 17 heavy (non-hydrogen) atoms. The summed E-state index contributed by atoms with van der Waals surface area (Å²) in [6, 6.07) is 0. The molecule has 2 saturated heterocycles. The van der Waals surface area contributed by atoms with Gasteiger partial charge < -0.3 is 9.88 Å². The number of rotatable bonds is 3. The third-order valence-corrected chi connectivity index (χ3v) is 5.56. The van der Waals surface area contributed by atoms with Crippen LogP contribution < -0.4 is 5.32 Å². The number of hydrogen-bond donors (Lipinski definition) is 1. The quantitative estimate of drug-likeness (QED) is 0.826. The normalized spacial score (nSPS) is 28.1. The van der Waals surface area contributed by atoms with Crippen LogP contribution in [-0.2, 0) is 16.4 Å². The molecule has 0 spiro atoms. The lowest BCUT2D eigenvalue weighted by atomic mass is 9.99. The molecule has 1 atom stereocenters. The zero-order valence-corrected chi connectivity index (χ0v) is 10.5. The van der Waals surface area contributed by atoms with Crippen molar-refractivity contribution in [3.63, 3.8) is 0 Å². The highest BCUT2D eigenvalue weighted by Gasteiger charge is 2.29. The lowest BCUT2D eigenvalue weighted by Gasteiger charge is -2.28. The predicted octanol–water partition coefficient (Wildman–Crippen LogP) is 0.00460. The summed E-state index contributed by atoms with van der Waals surface area (Å²) in [6.45, 7) is 2.81. The Kier molecular flexibility index (Phi) is 2.71. The van der Waals surface area contributed by atoms with Crippen LogP contribution in [0.2, 0.25) is 0 Å². The first-order valence-corrected chi connectivity index (χ1v) is 7.87. The SMILES string of the molecule is O=S1(=O)CCC(Cn2cncc2C2CNC2)C1. The van der Waals surface area contributed by atoms with E-state index in [0.717, 1.165) is 26.1 Å². The molecule has 0 aromatic carbocycles. The molecule has 2 aliphatic heterocycles. The van der Waals surface area contributed by atoms with Crippen LogP contribution in [0.5, 0.6) is 0 Å². The van der Waals surface area contributed by atoms with Gasteiger partial charge >= 0.3 is 0 Å². The van der Waals surface area contributed by atoms with E-state index in [1.54, 1.807) is 0 Å². The Morgan fingerprint density at radius 3 is 2.88 bits per heavy atom. The van der Waals surface area contributed by atoms with Crippen molar-refractivity contribution in [3.8, 4) is 0 Å². The van der Waals surface area contributed by atoms with E-state index in [9.17, 15) is 8.42 Å². The smallest absolute Gasteiger partial charge is 0.150 e. The average Bonchev–Trinajstić information content (AvgIpc) is 2.72. The second-order valence-electron chi connectivity index (χ2n) is 5.10. The first kappa shape index (κ1) is 11.2. The van der Waals surface area contributed by atoms with Crippen molar-refractivity contribution in [2.75, 3.05) is 24.6 Å². The van der Waals surface area contributed by atoms with Crippen LogP contribution in [0.1, 0.15) is 18.0 Å². The molecule has 2 aliphatic rings. The summed E-state index contributed by atoms with van der Waals surface area (Å²) in [5.41, 5.74) is 1.24. The van der Waals surface area contributed by atoms with Crippen LogP contribution >= 0.6 is 0 Å². The van der Waals surface area contributed by atoms with Crippen molar-refractivity contribution < 1.29 is 8.42 Å². The highest BCUT2D eigenvalue weighted by atomic mass is 32.2. The Bertz CT molecular complexity index is 505. The van der Waals surface area contributed by atoms with Crippen molar-refractivity contribution in [1.82, 2.24) is 14.9 Å². The third kappa shape index (κ3) is 2.24. The fourth-order valence-corrected chi connectivity index (χ4v) is 4.46. The number of sulfone groups is 1. The van der Waals surface area contributed by atoms with Crippen molar-refractivity contribution in [2.24, 2.45) is 5.92 Å². The molecule has 0 amide bonds. The van der Waals surface area contributed by atoms with Crippen LogP contribution in [0.3, 0.4) is 0 Å². The molecule has 6 heteroatoms. The molecule has 1 aromatic rings. The van der Waals surface area contributed by atoms with Gasteiger partial charge in [0.25, 0.3) is 0 Å². The van der Waals surface area contributed by atoms with Gasteiger partial charge in [0.2, 0.25) is 0 Å². The molecule has 1 N–H and O–H groups in total. The van der Waals surface area contributed by atoms with Gasteiger partial charge in [-0.05, 0) is 12.3 Å². The summed E-state index contributed by atoms with van der Waals surface area (Å²) in [7, 11) is -2.77. The van der Waals surface area contributed by atoms with E-state index in [1.165, 1.54) is 5.69 Å². The molecule has 1 aromatic heterocycles. The van der Waals surface area contributed by atoms with Crippen LogP contribution in [-0.4, -0.2) is 42.6 Å². The van der Waals surface area contributed by atoms with Crippen molar-refractivity contribution >= 4 is 9.84 Å². The minimum atomic E-state index is -2.77. The molecule has 0 saturated carbocycles. The second kappa shape index (κ2) is 4.10. The molecular formula is C11H17N3O2S. The largest absolute Gasteiger partial charge is 0.334 e. The summed E-state index contributed by atoms with van der Waals surface area (Å²) in [4.78, 5) is 4.19. The number of nitrogens with zero attached hydrogens (tertiary/aromatic N) is 2. The van der Waals surface area contributed by atoms with Gasteiger partial charge in [0, 0.05) is 37.4 Å². The maximum atomic E-state index is 11.4. The van der Waals surface area contributed by atoms with Crippen LogP contribution in [0, 0.1) is 5.92 Å². The lowest BCUT2D eigenvalue weighted by molar-refractivity contribution is 0.404. The van der Waals surface area contributed by atoms with Crippen molar-refractivity contribution in [2.45, 2.75) is 18.9 Å². The molecule has 0 bridgehead atoms. The maximum absolute atomic E-state index is 11.4. The fraction of sp³-hybridized carbons (Fsp3) is 0.727. The highest BCUT2D eigenvalue weighted by molar-refractivity contribution is 7.91. The van der Waals surface area contributed by atoms with E-state index in [0.29, 0.717) is 17.4 Å². The van der Waals surface area contributed by atoms with E-state index in [1.807, 2.05) is 12.5 Å². The molecule has 2 fully saturated rings. The summed E-state index contributed by atoms with van der Waals surface area (Å²) in [5.74, 6) is 1.51. The van der Waals surface area contributed by atoms with E-state index in [4.69, 9.17) is 0 Å². The van der Waals surface area contributed by atoms with Gasteiger partial charge in [-0.1, -0.05) is 0 Å². The number of imidazole rings is 1. The van der Waals surface area contributed by atoms with Gasteiger partial charge in [-0.2, -0.15) is 0 Å². The minimum Gasteiger partial charge on any atom is -0.334 e. The summed E-state index contributed by atoms with van der Waals surface area (Å²) in [5, 5.41) is 3.25. The minimum absolute atomic E-state index is 0.265. The summed E-state index contributed by atoms with van der Waals surface area (Å²) in [6.07, 6.45) is 4.54. The highest BCUT2D eigenvalue weighted by Crippen LogP contribution is 2.24. The van der Waals surface area contributed by atoms with Crippen LogP contribution in [0.25, 0.3) is 0 Å². The summed E-state index contributed by atoms with van der Waals surface area (Å²) >= 11 is 0. The Labute approximate surface area is 101 Å². The number of aromatic nitrogens is 2. The van der Waals surface area contributed by atoms with Crippen molar-refractivity contribution in [1.29, 1.82) is 0 Å². The van der Waals surface area contributed by atoms with E-state index >= 15 is 0 Å². The molecule has 94 valence electrons. The van der Waals surface area contributed by atoms with Crippen LogP contribution in [0.4, 0.5) is 0 Å². The van der Waals surface area contributed by atoms with E-state index < -0.39 is 9.84 Å². The third-order valence-electron chi connectivity index (χ3n) is 3.73. The van der Waals surface area contributed by atoms with Gasteiger partial charge in [-0.25, -0.2) is 13.4 Å². The lowest BCUT2D eigenvalue weighted by Crippen LogP contribution is -2.41.